The molecule has 0 spiro atoms. The normalized spacial score (nSPS) is 12.3. The van der Waals surface area contributed by atoms with Gasteiger partial charge in [0.1, 0.15) is 13.2 Å². The number of hydrogen-bond donors (Lipinski definition) is 0. The summed E-state index contributed by atoms with van der Waals surface area (Å²) < 4.78 is 16.9. The first-order valence-corrected chi connectivity index (χ1v) is 35.1. The van der Waals surface area contributed by atoms with E-state index in [9.17, 15) is 14.4 Å². The Hall–Kier alpha value is -2.63. The van der Waals surface area contributed by atoms with Crippen molar-refractivity contribution >= 4 is 17.9 Å². The van der Waals surface area contributed by atoms with Crippen molar-refractivity contribution in [2.75, 3.05) is 13.2 Å². The van der Waals surface area contributed by atoms with E-state index < -0.39 is 6.10 Å². The number of rotatable bonds is 65. The van der Waals surface area contributed by atoms with Gasteiger partial charge in [0.25, 0.3) is 0 Å². The molecule has 0 amide bonds. The average Bonchev–Trinajstić information content (AvgIpc) is 3.45. The first kappa shape index (κ1) is 76.4. The summed E-state index contributed by atoms with van der Waals surface area (Å²) in [5, 5.41) is 0. The number of ether oxygens (including phenoxy) is 3. The van der Waals surface area contributed by atoms with Crippen LogP contribution in [0.4, 0.5) is 0 Å². The molecule has 0 saturated carbocycles. The molecule has 79 heavy (non-hydrogen) atoms. The largest absolute Gasteiger partial charge is 0.462 e. The van der Waals surface area contributed by atoms with Crippen molar-refractivity contribution in [3.63, 3.8) is 0 Å². The van der Waals surface area contributed by atoms with Crippen molar-refractivity contribution in [2.24, 2.45) is 0 Å². The lowest BCUT2D eigenvalue weighted by atomic mass is 10.0. The Kier molecular flexibility index (Phi) is 65.6. The van der Waals surface area contributed by atoms with Gasteiger partial charge in [-0.2, -0.15) is 0 Å². The van der Waals surface area contributed by atoms with Crippen LogP contribution in [0.5, 0.6) is 0 Å². The zero-order valence-electron chi connectivity index (χ0n) is 53.2. The number of carbonyl (C=O) groups is 3. The third kappa shape index (κ3) is 66.1. The molecule has 0 rings (SSSR count). The molecule has 0 aliphatic heterocycles. The van der Waals surface area contributed by atoms with Gasteiger partial charge < -0.3 is 14.2 Å². The van der Waals surface area contributed by atoms with Crippen molar-refractivity contribution in [3.05, 3.63) is 48.6 Å². The molecule has 1 atom stereocenters. The third-order valence-corrected chi connectivity index (χ3v) is 15.8. The fourth-order valence-corrected chi connectivity index (χ4v) is 10.5. The van der Waals surface area contributed by atoms with Crippen LogP contribution in [0.2, 0.25) is 0 Å². The predicted octanol–water partition coefficient (Wildman–Crippen LogP) is 24.1. The summed E-state index contributed by atoms with van der Waals surface area (Å²) in [5.41, 5.74) is 0. The van der Waals surface area contributed by atoms with Gasteiger partial charge >= 0.3 is 17.9 Å². The van der Waals surface area contributed by atoms with Gasteiger partial charge in [-0.05, 0) is 83.5 Å². The van der Waals surface area contributed by atoms with Crippen LogP contribution in [0.15, 0.2) is 48.6 Å². The van der Waals surface area contributed by atoms with Gasteiger partial charge in [0, 0.05) is 19.3 Å². The summed E-state index contributed by atoms with van der Waals surface area (Å²) in [6.07, 6.45) is 86.0. The van der Waals surface area contributed by atoms with Crippen LogP contribution in [0.1, 0.15) is 380 Å². The molecule has 0 aliphatic rings. The fraction of sp³-hybridized carbons (Fsp3) is 0.849. The monoisotopic (exact) mass is 1110 g/mol. The molecule has 6 heteroatoms. The lowest BCUT2D eigenvalue weighted by molar-refractivity contribution is -0.167. The SMILES string of the molecule is CCCCCCC/C=C\C/C=C\C/C=C\CCCCCCCCCCCCCCCCC(=O)OCC(COC(=O)CCCCCCCCC)OC(=O)CCCCCCCCCCCCCCC/C=C\CCCCCCCCCC. The van der Waals surface area contributed by atoms with Gasteiger partial charge in [-0.3, -0.25) is 14.4 Å². The van der Waals surface area contributed by atoms with Gasteiger partial charge in [-0.1, -0.05) is 326 Å². The molecule has 1 unspecified atom stereocenters. The van der Waals surface area contributed by atoms with E-state index in [2.05, 4.69) is 69.4 Å². The van der Waals surface area contributed by atoms with Crippen LogP contribution >= 0.6 is 0 Å². The van der Waals surface area contributed by atoms with Crippen molar-refractivity contribution in [1.29, 1.82) is 0 Å². The average molecular weight is 1110 g/mol. The van der Waals surface area contributed by atoms with Crippen molar-refractivity contribution in [1.82, 2.24) is 0 Å². The second kappa shape index (κ2) is 67.9. The highest BCUT2D eigenvalue weighted by Gasteiger charge is 2.19. The first-order chi connectivity index (χ1) is 39.0. The summed E-state index contributed by atoms with van der Waals surface area (Å²) in [7, 11) is 0. The smallest absolute Gasteiger partial charge is 0.306 e. The number of hydrogen-bond acceptors (Lipinski definition) is 6. The molecule has 6 nitrogen and oxygen atoms in total. The summed E-state index contributed by atoms with van der Waals surface area (Å²) in [6.45, 7) is 6.64. The molecule has 0 aromatic rings. The molecule has 0 aromatic carbocycles. The highest BCUT2D eigenvalue weighted by molar-refractivity contribution is 5.71. The Morgan fingerprint density at radius 3 is 0.722 bits per heavy atom. The summed E-state index contributed by atoms with van der Waals surface area (Å²) in [6, 6.07) is 0. The lowest BCUT2D eigenvalue weighted by Gasteiger charge is -2.18. The molecular weight excluding hydrogens is 973 g/mol. The summed E-state index contributed by atoms with van der Waals surface area (Å²) >= 11 is 0. The molecule has 0 radical (unpaired) electrons. The molecule has 0 bridgehead atoms. The van der Waals surface area contributed by atoms with Gasteiger partial charge in [0.2, 0.25) is 0 Å². The van der Waals surface area contributed by atoms with E-state index in [0.717, 1.165) is 70.6 Å². The predicted molar refractivity (Wildman–Crippen MR) is 344 cm³/mol. The maximum absolute atomic E-state index is 12.9. The zero-order valence-corrected chi connectivity index (χ0v) is 53.2. The topological polar surface area (TPSA) is 78.9 Å². The summed E-state index contributed by atoms with van der Waals surface area (Å²) in [5.74, 6) is -0.854. The van der Waals surface area contributed by atoms with Crippen LogP contribution in [0.3, 0.4) is 0 Å². The van der Waals surface area contributed by atoms with E-state index in [1.165, 1.54) is 270 Å². The number of esters is 3. The van der Waals surface area contributed by atoms with Crippen molar-refractivity contribution < 1.29 is 28.6 Å². The molecule has 0 saturated heterocycles. The minimum atomic E-state index is -0.770. The maximum atomic E-state index is 12.9. The third-order valence-electron chi connectivity index (χ3n) is 15.8. The second-order valence-corrected chi connectivity index (χ2v) is 23.8. The zero-order chi connectivity index (χ0) is 57.1. The standard InChI is InChI=1S/C73H134O6/c1-4-7-10-13-16-18-20-22-24-26-28-30-32-34-35-36-37-39-40-42-44-46-48-50-52-54-57-60-63-66-72(75)78-69-70(68-77-71(74)65-62-59-56-15-12-9-6-3)79-73(76)67-64-61-58-55-53-51-49-47-45-43-41-38-33-31-29-27-25-23-21-19-17-14-11-8-5-2/h20,22,26-29,32,34,70H,4-19,21,23-25,30-31,33,35-69H2,1-3H3/b22-20-,28-26-,29-27-,34-32-. The Morgan fingerprint density at radius 2 is 0.456 bits per heavy atom. The minimum Gasteiger partial charge on any atom is -0.462 e. The van der Waals surface area contributed by atoms with Crippen LogP contribution in [-0.4, -0.2) is 37.2 Å². The number of allylic oxidation sites excluding steroid dienone is 8. The van der Waals surface area contributed by atoms with Crippen molar-refractivity contribution in [2.45, 2.75) is 386 Å². The van der Waals surface area contributed by atoms with Crippen LogP contribution in [0.25, 0.3) is 0 Å². The van der Waals surface area contributed by atoms with Gasteiger partial charge in [0.15, 0.2) is 6.10 Å². The Morgan fingerprint density at radius 1 is 0.253 bits per heavy atom. The van der Waals surface area contributed by atoms with Crippen LogP contribution in [0, 0.1) is 0 Å². The maximum Gasteiger partial charge on any atom is 0.306 e. The molecule has 0 fully saturated rings. The van der Waals surface area contributed by atoms with E-state index in [4.69, 9.17) is 14.2 Å². The molecular formula is C73H134O6. The van der Waals surface area contributed by atoms with Gasteiger partial charge in [-0.25, -0.2) is 0 Å². The van der Waals surface area contributed by atoms with Gasteiger partial charge in [0.05, 0.1) is 0 Å². The number of carbonyl (C=O) groups excluding carboxylic acids is 3. The Bertz CT molecular complexity index is 1360. The number of unbranched alkanes of at least 4 members (excludes halogenated alkanes) is 46. The molecule has 462 valence electrons. The van der Waals surface area contributed by atoms with E-state index >= 15 is 0 Å². The van der Waals surface area contributed by atoms with E-state index in [0.29, 0.717) is 19.3 Å². The Balaban J connectivity index is 4.04. The molecule has 0 heterocycles. The van der Waals surface area contributed by atoms with E-state index in [1.807, 2.05) is 0 Å². The highest BCUT2D eigenvalue weighted by atomic mass is 16.6. The van der Waals surface area contributed by atoms with E-state index in [-0.39, 0.29) is 31.1 Å². The first-order valence-electron chi connectivity index (χ1n) is 35.1. The van der Waals surface area contributed by atoms with Gasteiger partial charge in [-0.15, -0.1) is 0 Å². The van der Waals surface area contributed by atoms with E-state index in [1.54, 1.807) is 0 Å². The lowest BCUT2D eigenvalue weighted by Crippen LogP contribution is -2.30. The highest BCUT2D eigenvalue weighted by Crippen LogP contribution is 2.18. The fourth-order valence-electron chi connectivity index (χ4n) is 10.5. The van der Waals surface area contributed by atoms with Crippen LogP contribution in [-0.2, 0) is 28.6 Å². The minimum absolute atomic E-state index is 0.0692. The molecule has 0 N–H and O–H groups in total. The molecule has 0 aliphatic carbocycles. The second-order valence-electron chi connectivity index (χ2n) is 23.8. The molecule has 0 aromatic heterocycles. The Labute approximate surface area is 492 Å². The van der Waals surface area contributed by atoms with Crippen molar-refractivity contribution in [3.8, 4) is 0 Å². The quantitative estimate of drug-likeness (QED) is 0.0261. The summed E-state index contributed by atoms with van der Waals surface area (Å²) in [4.78, 5) is 38.2. The van der Waals surface area contributed by atoms with Crippen LogP contribution < -0.4 is 0 Å².